The van der Waals surface area contributed by atoms with Crippen LogP contribution in [0.2, 0.25) is 0 Å². The monoisotopic (exact) mass is 169 g/mol. The molecule has 0 aromatic carbocycles. The minimum absolute atomic E-state index is 0.725. The van der Waals surface area contributed by atoms with Gasteiger partial charge in [-0.25, -0.2) is 0 Å². The molecule has 68 valence electrons. The first-order valence-electron chi connectivity index (χ1n) is 4.18. The number of hydrogen-bond acceptors (Lipinski definition) is 3. The molecule has 0 unspecified atom stereocenters. The number of ether oxygens (including phenoxy) is 1. The van der Waals surface area contributed by atoms with Crippen molar-refractivity contribution in [2.24, 2.45) is 7.05 Å². The van der Waals surface area contributed by atoms with Crippen LogP contribution in [0.25, 0.3) is 0 Å². The fourth-order valence-corrected chi connectivity index (χ4v) is 0.977. The highest BCUT2D eigenvalue weighted by Crippen LogP contribution is 1.98. The van der Waals surface area contributed by atoms with Gasteiger partial charge in [0.05, 0.1) is 6.61 Å². The molecule has 4 heteroatoms. The van der Waals surface area contributed by atoms with Crippen LogP contribution in [-0.4, -0.2) is 28.0 Å². The second-order valence-electron chi connectivity index (χ2n) is 2.67. The van der Waals surface area contributed by atoms with Crippen LogP contribution in [0.1, 0.15) is 18.6 Å². The zero-order chi connectivity index (χ0) is 8.97. The molecule has 1 aromatic heterocycles. The normalized spacial score (nSPS) is 10.6. The van der Waals surface area contributed by atoms with Gasteiger partial charge in [-0.2, -0.15) is 0 Å². The Bertz CT molecular complexity index is 244. The van der Waals surface area contributed by atoms with Gasteiger partial charge in [-0.15, -0.1) is 10.2 Å². The van der Waals surface area contributed by atoms with Gasteiger partial charge in [0.2, 0.25) is 0 Å². The molecule has 0 spiro atoms. The molecule has 0 atom stereocenters. The molecular formula is C8H15N3O. The third kappa shape index (κ3) is 2.04. The summed E-state index contributed by atoms with van der Waals surface area (Å²) in [6.45, 7) is 5.42. The topological polar surface area (TPSA) is 39.9 Å². The predicted octanol–water partition coefficient (Wildman–Crippen LogP) is 0.703. The lowest BCUT2D eigenvalue weighted by Gasteiger charge is -2.01. The lowest BCUT2D eigenvalue weighted by Crippen LogP contribution is -2.04. The van der Waals surface area contributed by atoms with Crippen LogP contribution in [-0.2, 0) is 18.2 Å². The molecule has 1 heterocycles. The van der Waals surface area contributed by atoms with Gasteiger partial charge >= 0.3 is 0 Å². The van der Waals surface area contributed by atoms with Crippen LogP contribution in [0.4, 0.5) is 0 Å². The average Bonchev–Trinajstić information content (AvgIpc) is 2.36. The van der Waals surface area contributed by atoms with Crippen molar-refractivity contribution in [2.45, 2.75) is 20.3 Å². The summed E-state index contributed by atoms with van der Waals surface area (Å²) in [6.07, 6.45) is 0.838. The Morgan fingerprint density at radius 3 is 2.67 bits per heavy atom. The largest absolute Gasteiger partial charge is 0.381 e. The summed E-state index contributed by atoms with van der Waals surface area (Å²) in [6, 6.07) is 0. The van der Waals surface area contributed by atoms with Crippen molar-refractivity contribution < 1.29 is 4.74 Å². The zero-order valence-electron chi connectivity index (χ0n) is 7.87. The summed E-state index contributed by atoms with van der Waals surface area (Å²) in [4.78, 5) is 0. The lowest BCUT2D eigenvalue weighted by atomic mass is 10.4. The number of hydrogen-bond donors (Lipinski definition) is 0. The van der Waals surface area contributed by atoms with Gasteiger partial charge in [-0.1, -0.05) is 0 Å². The van der Waals surface area contributed by atoms with E-state index in [0.29, 0.717) is 0 Å². The molecular weight excluding hydrogens is 154 g/mol. The van der Waals surface area contributed by atoms with Gasteiger partial charge < -0.3 is 9.30 Å². The fourth-order valence-electron chi connectivity index (χ4n) is 0.977. The lowest BCUT2D eigenvalue weighted by molar-refractivity contribution is 0.149. The van der Waals surface area contributed by atoms with E-state index in [1.165, 1.54) is 0 Å². The first kappa shape index (κ1) is 9.19. The van der Waals surface area contributed by atoms with E-state index in [1.54, 1.807) is 0 Å². The molecule has 1 aromatic rings. The van der Waals surface area contributed by atoms with Crippen molar-refractivity contribution in [2.75, 3.05) is 13.2 Å². The predicted molar refractivity (Wildman–Crippen MR) is 45.9 cm³/mol. The summed E-state index contributed by atoms with van der Waals surface area (Å²) < 4.78 is 7.21. The molecule has 0 fully saturated rings. The van der Waals surface area contributed by atoms with Crippen molar-refractivity contribution >= 4 is 0 Å². The zero-order valence-corrected chi connectivity index (χ0v) is 7.87. The minimum Gasteiger partial charge on any atom is -0.381 e. The highest BCUT2D eigenvalue weighted by atomic mass is 16.5. The summed E-state index contributed by atoms with van der Waals surface area (Å²) in [5, 5.41) is 7.97. The Kier molecular flexibility index (Phi) is 3.22. The highest BCUT2D eigenvalue weighted by molar-refractivity contribution is 4.92. The first-order chi connectivity index (χ1) is 5.75. The molecule has 0 aliphatic carbocycles. The van der Waals surface area contributed by atoms with Crippen LogP contribution in [0.15, 0.2) is 0 Å². The summed E-state index contributed by atoms with van der Waals surface area (Å²) >= 11 is 0. The van der Waals surface area contributed by atoms with Crippen LogP contribution in [0.5, 0.6) is 0 Å². The van der Waals surface area contributed by atoms with Crippen molar-refractivity contribution in [3.05, 3.63) is 11.6 Å². The van der Waals surface area contributed by atoms with Crippen LogP contribution >= 0.6 is 0 Å². The van der Waals surface area contributed by atoms with Crippen LogP contribution in [0.3, 0.4) is 0 Å². The van der Waals surface area contributed by atoms with Gasteiger partial charge in [0.15, 0.2) is 0 Å². The standard InChI is InChI=1S/C8H15N3O/c1-4-12-6-5-8-10-9-7(2)11(8)3/h4-6H2,1-3H3. The highest BCUT2D eigenvalue weighted by Gasteiger charge is 2.03. The molecule has 0 radical (unpaired) electrons. The number of aryl methyl sites for hydroxylation is 1. The van der Waals surface area contributed by atoms with Crippen molar-refractivity contribution in [3.63, 3.8) is 0 Å². The number of rotatable bonds is 4. The summed E-state index contributed by atoms with van der Waals surface area (Å²) in [7, 11) is 1.97. The van der Waals surface area contributed by atoms with E-state index in [2.05, 4.69) is 10.2 Å². The van der Waals surface area contributed by atoms with Crippen molar-refractivity contribution in [1.29, 1.82) is 0 Å². The molecule has 0 saturated heterocycles. The van der Waals surface area contributed by atoms with E-state index >= 15 is 0 Å². The number of nitrogens with zero attached hydrogens (tertiary/aromatic N) is 3. The second-order valence-corrected chi connectivity index (χ2v) is 2.67. The maximum absolute atomic E-state index is 5.22. The van der Waals surface area contributed by atoms with Crippen LogP contribution in [0, 0.1) is 6.92 Å². The average molecular weight is 169 g/mol. The van der Waals surface area contributed by atoms with E-state index in [1.807, 2.05) is 25.5 Å². The molecule has 0 saturated carbocycles. The second kappa shape index (κ2) is 4.21. The maximum atomic E-state index is 5.22. The van der Waals surface area contributed by atoms with E-state index in [4.69, 9.17) is 4.74 Å². The van der Waals surface area contributed by atoms with Gasteiger partial charge in [-0.3, -0.25) is 0 Å². The molecule has 0 N–H and O–H groups in total. The molecule has 0 aliphatic heterocycles. The maximum Gasteiger partial charge on any atom is 0.135 e. The third-order valence-corrected chi connectivity index (χ3v) is 1.86. The Morgan fingerprint density at radius 1 is 1.42 bits per heavy atom. The van der Waals surface area contributed by atoms with Gasteiger partial charge in [0, 0.05) is 20.1 Å². The number of aromatic nitrogens is 3. The molecule has 4 nitrogen and oxygen atoms in total. The third-order valence-electron chi connectivity index (χ3n) is 1.86. The van der Waals surface area contributed by atoms with E-state index < -0.39 is 0 Å². The smallest absolute Gasteiger partial charge is 0.135 e. The molecule has 0 bridgehead atoms. The molecule has 12 heavy (non-hydrogen) atoms. The van der Waals surface area contributed by atoms with Gasteiger partial charge in [0.25, 0.3) is 0 Å². The quantitative estimate of drug-likeness (QED) is 0.623. The Labute approximate surface area is 72.6 Å². The molecule has 1 rings (SSSR count). The minimum atomic E-state index is 0.725. The van der Waals surface area contributed by atoms with Gasteiger partial charge in [-0.05, 0) is 13.8 Å². The van der Waals surface area contributed by atoms with E-state index in [0.717, 1.165) is 31.3 Å². The summed E-state index contributed by atoms with van der Waals surface area (Å²) in [5.41, 5.74) is 0. The summed E-state index contributed by atoms with van der Waals surface area (Å²) in [5.74, 6) is 1.93. The van der Waals surface area contributed by atoms with Gasteiger partial charge in [0.1, 0.15) is 11.6 Å². The Hall–Kier alpha value is -0.900. The molecule has 0 amide bonds. The first-order valence-corrected chi connectivity index (χ1v) is 4.18. The Morgan fingerprint density at radius 2 is 2.17 bits per heavy atom. The van der Waals surface area contributed by atoms with E-state index in [-0.39, 0.29) is 0 Å². The van der Waals surface area contributed by atoms with Crippen LogP contribution < -0.4 is 0 Å². The van der Waals surface area contributed by atoms with E-state index in [9.17, 15) is 0 Å². The van der Waals surface area contributed by atoms with Crippen molar-refractivity contribution in [1.82, 2.24) is 14.8 Å². The Balaban J connectivity index is 2.46. The SMILES string of the molecule is CCOCCc1nnc(C)n1C. The fraction of sp³-hybridized carbons (Fsp3) is 0.750. The molecule has 0 aliphatic rings. The van der Waals surface area contributed by atoms with Crippen molar-refractivity contribution in [3.8, 4) is 0 Å².